The second kappa shape index (κ2) is 7.40. The Hall–Kier alpha value is -2.88. The highest BCUT2D eigenvalue weighted by molar-refractivity contribution is 6.02. The first kappa shape index (κ1) is 16.5. The molecule has 2 rings (SSSR count). The van der Waals surface area contributed by atoms with E-state index in [1.165, 1.54) is 11.6 Å². The molecule has 0 atom stereocenters. The Morgan fingerprint density at radius 2 is 1.61 bits per heavy atom. The van der Waals surface area contributed by atoms with Crippen LogP contribution in [0.4, 0.5) is 0 Å². The van der Waals surface area contributed by atoms with Crippen LogP contribution in [0.15, 0.2) is 60.3 Å². The molecule has 0 aliphatic carbocycles. The van der Waals surface area contributed by atoms with Gasteiger partial charge in [-0.05, 0) is 35.3 Å². The first-order valence-corrected chi connectivity index (χ1v) is 7.38. The minimum absolute atomic E-state index is 0.156. The summed E-state index contributed by atoms with van der Waals surface area (Å²) in [5.74, 6) is -1.22. The molecule has 0 fully saturated rings. The lowest BCUT2D eigenvalue weighted by Gasteiger charge is -2.08. The molecule has 2 N–H and O–H groups in total. The Kier molecular flexibility index (Phi) is 5.31. The summed E-state index contributed by atoms with van der Waals surface area (Å²) in [6, 6.07) is 16.1. The van der Waals surface area contributed by atoms with Gasteiger partial charge in [0.15, 0.2) is 0 Å². The zero-order valence-electron chi connectivity index (χ0n) is 13.1. The average molecular weight is 309 g/mol. The Morgan fingerprint density at radius 1 is 1.00 bits per heavy atom. The van der Waals surface area contributed by atoms with Gasteiger partial charge in [-0.1, -0.05) is 56.3 Å². The van der Waals surface area contributed by atoms with Crippen LogP contribution in [0.2, 0.25) is 0 Å². The minimum atomic E-state index is -1.18. The van der Waals surface area contributed by atoms with Crippen molar-refractivity contribution in [2.24, 2.45) is 0 Å². The van der Waals surface area contributed by atoms with Crippen molar-refractivity contribution < 1.29 is 14.7 Å². The second-order valence-corrected chi connectivity index (χ2v) is 5.50. The third-order valence-electron chi connectivity index (χ3n) is 3.43. The number of rotatable bonds is 5. The molecule has 4 heteroatoms. The maximum Gasteiger partial charge on any atom is 0.352 e. The van der Waals surface area contributed by atoms with E-state index in [9.17, 15) is 14.7 Å². The average Bonchev–Trinajstić information content (AvgIpc) is 2.55. The first-order chi connectivity index (χ1) is 11.0. The highest BCUT2D eigenvalue weighted by Gasteiger charge is 2.13. The Bertz CT molecular complexity index is 716. The largest absolute Gasteiger partial charge is 0.477 e. The molecule has 4 nitrogen and oxygen atoms in total. The van der Waals surface area contributed by atoms with E-state index >= 15 is 0 Å². The van der Waals surface area contributed by atoms with Crippen LogP contribution >= 0.6 is 0 Å². The predicted octanol–water partition coefficient (Wildman–Crippen LogP) is 3.67. The van der Waals surface area contributed by atoms with Crippen LogP contribution in [0, 0.1) is 0 Å². The molecule has 0 saturated heterocycles. The van der Waals surface area contributed by atoms with Gasteiger partial charge in [0, 0.05) is 5.56 Å². The maximum atomic E-state index is 12.1. The van der Waals surface area contributed by atoms with E-state index in [2.05, 4.69) is 19.2 Å². The molecule has 2 aromatic carbocycles. The van der Waals surface area contributed by atoms with Crippen LogP contribution in [0.25, 0.3) is 6.08 Å². The van der Waals surface area contributed by atoms with Crippen molar-refractivity contribution in [2.45, 2.75) is 19.8 Å². The van der Waals surface area contributed by atoms with Crippen LogP contribution in [0.1, 0.15) is 41.3 Å². The lowest BCUT2D eigenvalue weighted by molar-refractivity contribution is -0.132. The van der Waals surface area contributed by atoms with E-state index in [1.54, 1.807) is 30.3 Å². The molecule has 0 saturated carbocycles. The zero-order chi connectivity index (χ0) is 16.8. The lowest BCUT2D eigenvalue weighted by Crippen LogP contribution is -2.27. The fourth-order valence-electron chi connectivity index (χ4n) is 2.08. The molecule has 1 amide bonds. The Labute approximate surface area is 135 Å². The van der Waals surface area contributed by atoms with Gasteiger partial charge in [0.05, 0.1) is 0 Å². The number of hydrogen-bond donors (Lipinski definition) is 2. The van der Waals surface area contributed by atoms with E-state index in [0.717, 1.165) is 5.56 Å². The van der Waals surface area contributed by atoms with E-state index < -0.39 is 11.9 Å². The van der Waals surface area contributed by atoms with Crippen LogP contribution in [-0.2, 0) is 4.79 Å². The van der Waals surface area contributed by atoms with Gasteiger partial charge in [-0.25, -0.2) is 4.79 Å². The standard InChI is InChI=1S/C19H19NO3/c1-13(2)15-10-8-14(9-11-15)12-17(19(22)23)20-18(21)16-6-4-3-5-7-16/h3-13H,1-2H3,(H,20,21)(H,22,23)/b17-12+. The van der Waals surface area contributed by atoms with Crippen LogP contribution < -0.4 is 5.32 Å². The summed E-state index contributed by atoms with van der Waals surface area (Å²) in [5.41, 5.74) is 2.15. The molecule has 0 spiro atoms. The van der Waals surface area contributed by atoms with Crippen molar-refractivity contribution in [1.82, 2.24) is 5.32 Å². The highest BCUT2D eigenvalue weighted by Crippen LogP contribution is 2.16. The van der Waals surface area contributed by atoms with Gasteiger partial charge in [-0.15, -0.1) is 0 Å². The Balaban J connectivity index is 2.21. The molecule has 0 radical (unpaired) electrons. The van der Waals surface area contributed by atoms with Crippen molar-refractivity contribution in [3.8, 4) is 0 Å². The van der Waals surface area contributed by atoms with E-state index in [4.69, 9.17) is 0 Å². The third-order valence-corrected chi connectivity index (χ3v) is 3.43. The van der Waals surface area contributed by atoms with Crippen LogP contribution in [0.5, 0.6) is 0 Å². The number of amides is 1. The number of nitrogens with one attached hydrogen (secondary N) is 1. The predicted molar refractivity (Wildman–Crippen MR) is 90.1 cm³/mol. The van der Waals surface area contributed by atoms with Crippen LogP contribution in [-0.4, -0.2) is 17.0 Å². The zero-order valence-corrected chi connectivity index (χ0v) is 13.1. The monoisotopic (exact) mass is 309 g/mol. The van der Waals surface area contributed by atoms with Crippen molar-refractivity contribution >= 4 is 18.0 Å². The third kappa shape index (κ3) is 4.54. The molecule has 0 aliphatic heterocycles. The Morgan fingerprint density at radius 3 is 2.13 bits per heavy atom. The maximum absolute atomic E-state index is 12.1. The minimum Gasteiger partial charge on any atom is -0.477 e. The van der Waals surface area contributed by atoms with Gasteiger partial charge in [0.2, 0.25) is 0 Å². The summed E-state index contributed by atoms with van der Waals surface area (Å²) < 4.78 is 0. The molecule has 0 aromatic heterocycles. The van der Waals surface area contributed by atoms with Gasteiger partial charge < -0.3 is 10.4 Å². The van der Waals surface area contributed by atoms with Crippen molar-refractivity contribution in [1.29, 1.82) is 0 Å². The number of carbonyl (C=O) groups is 2. The van der Waals surface area contributed by atoms with Gasteiger partial charge in [0.1, 0.15) is 5.70 Å². The number of aliphatic carboxylic acids is 1. The second-order valence-electron chi connectivity index (χ2n) is 5.50. The smallest absolute Gasteiger partial charge is 0.352 e. The topological polar surface area (TPSA) is 66.4 Å². The van der Waals surface area contributed by atoms with E-state index in [0.29, 0.717) is 11.5 Å². The lowest BCUT2D eigenvalue weighted by atomic mass is 10.0. The molecule has 0 heterocycles. The molecule has 118 valence electrons. The summed E-state index contributed by atoms with van der Waals surface area (Å²) in [6.07, 6.45) is 1.45. The van der Waals surface area contributed by atoms with Crippen LogP contribution in [0.3, 0.4) is 0 Å². The molecule has 0 unspecified atom stereocenters. The number of carboxylic acid groups (broad SMARTS) is 1. The van der Waals surface area contributed by atoms with Gasteiger partial charge in [-0.2, -0.15) is 0 Å². The van der Waals surface area contributed by atoms with Gasteiger partial charge >= 0.3 is 5.97 Å². The molecule has 0 bridgehead atoms. The number of benzene rings is 2. The number of carbonyl (C=O) groups excluding carboxylic acids is 1. The first-order valence-electron chi connectivity index (χ1n) is 7.38. The normalized spacial score (nSPS) is 11.3. The van der Waals surface area contributed by atoms with E-state index in [-0.39, 0.29) is 5.70 Å². The summed E-state index contributed by atoms with van der Waals surface area (Å²) in [4.78, 5) is 23.4. The van der Waals surface area contributed by atoms with Crippen molar-refractivity contribution in [3.63, 3.8) is 0 Å². The molecular formula is C19H19NO3. The van der Waals surface area contributed by atoms with Gasteiger partial charge in [0.25, 0.3) is 5.91 Å². The summed E-state index contributed by atoms with van der Waals surface area (Å²) in [7, 11) is 0. The quantitative estimate of drug-likeness (QED) is 0.828. The fourth-order valence-corrected chi connectivity index (χ4v) is 2.08. The molecule has 23 heavy (non-hydrogen) atoms. The SMILES string of the molecule is CC(C)c1ccc(/C=C(/NC(=O)c2ccccc2)C(=O)O)cc1. The highest BCUT2D eigenvalue weighted by atomic mass is 16.4. The molecule has 2 aromatic rings. The van der Waals surface area contributed by atoms with E-state index in [1.807, 2.05) is 24.3 Å². The summed E-state index contributed by atoms with van der Waals surface area (Å²) in [5, 5.41) is 11.7. The number of hydrogen-bond acceptors (Lipinski definition) is 2. The molecular weight excluding hydrogens is 290 g/mol. The molecule has 0 aliphatic rings. The van der Waals surface area contributed by atoms with Crippen molar-refractivity contribution in [3.05, 3.63) is 77.0 Å². The van der Waals surface area contributed by atoms with Crippen molar-refractivity contribution in [2.75, 3.05) is 0 Å². The summed E-state index contributed by atoms with van der Waals surface area (Å²) in [6.45, 7) is 4.18. The number of carboxylic acids is 1. The van der Waals surface area contributed by atoms with Gasteiger partial charge in [-0.3, -0.25) is 4.79 Å². The fraction of sp³-hybridized carbons (Fsp3) is 0.158. The summed E-state index contributed by atoms with van der Waals surface area (Å²) >= 11 is 0.